The Morgan fingerprint density at radius 3 is 1.97 bits per heavy atom. The molecule has 2 aromatic heterocycles. The maximum absolute atomic E-state index is 4.72. The van der Waals surface area contributed by atoms with Crippen molar-refractivity contribution in [3.05, 3.63) is 106 Å². The second-order valence-corrected chi connectivity index (χ2v) is 8.68. The minimum Gasteiger partial charge on any atom is -0.256 e. The van der Waals surface area contributed by atoms with Crippen LogP contribution in [0.15, 0.2) is 97.3 Å². The quantitative estimate of drug-likeness (QED) is 0.240. The molecule has 0 aliphatic heterocycles. The summed E-state index contributed by atoms with van der Waals surface area (Å²) >= 11 is 2.33. The van der Waals surface area contributed by atoms with Crippen molar-refractivity contribution in [1.82, 2.24) is 9.97 Å². The Labute approximate surface area is 189 Å². The van der Waals surface area contributed by atoms with Crippen LogP contribution in [0.4, 0.5) is 0 Å². The van der Waals surface area contributed by atoms with Gasteiger partial charge in [0.05, 0.1) is 11.2 Å². The highest BCUT2D eigenvalue weighted by Crippen LogP contribution is 2.28. The molecule has 3 heteroatoms. The Kier molecular flexibility index (Phi) is 5.05. The molecule has 0 saturated heterocycles. The van der Waals surface area contributed by atoms with Crippen LogP contribution in [0.5, 0.6) is 0 Å². The molecule has 0 fully saturated rings. The van der Waals surface area contributed by atoms with Crippen molar-refractivity contribution in [3.8, 4) is 33.5 Å². The Balaban J connectivity index is 1.45. The number of rotatable bonds is 3. The van der Waals surface area contributed by atoms with Crippen molar-refractivity contribution < 1.29 is 0 Å². The number of fused-ring (bicyclic) bond motifs is 1. The molecular formula is C27H19IN2. The van der Waals surface area contributed by atoms with E-state index in [9.17, 15) is 0 Å². The maximum atomic E-state index is 4.72. The van der Waals surface area contributed by atoms with E-state index < -0.39 is 0 Å². The van der Waals surface area contributed by atoms with E-state index >= 15 is 0 Å². The van der Waals surface area contributed by atoms with Crippen LogP contribution in [-0.4, -0.2) is 9.97 Å². The minimum absolute atomic E-state index is 0.981. The second-order valence-electron chi connectivity index (χ2n) is 7.44. The summed E-state index contributed by atoms with van der Waals surface area (Å²) in [5, 5.41) is 1.13. The molecule has 0 aliphatic rings. The molecule has 5 aromatic rings. The van der Waals surface area contributed by atoms with E-state index in [-0.39, 0.29) is 0 Å². The molecule has 30 heavy (non-hydrogen) atoms. The third kappa shape index (κ3) is 3.85. The van der Waals surface area contributed by atoms with Crippen LogP contribution in [0.2, 0.25) is 0 Å². The molecule has 0 radical (unpaired) electrons. The van der Waals surface area contributed by atoms with E-state index in [1.165, 1.54) is 20.3 Å². The van der Waals surface area contributed by atoms with Crippen molar-refractivity contribution in [2.24, 2.45) is 0 Å². The summed E-state index contributed by atoms with van der Waals surface area (Å²) in [6, 6.07) is 29.8. The summed E-state index contributed by atoms with van der Waals surface area (Å²) in [6.07, 6.45) is 3.86. The molecule has 0 atom stereocenters. The van der Waals surface area contributed by atoms with Gasteiger partial charge in [0.2, 0.25) is 0 Å². The molecule has 0 unspecified atom stereocenters. The zero-order valence-electron chi connectivity index (χ0n) is 16.5. The Morgan fingerprint density at radius 2 is 1.23 bits per heavy atom. The van der Waals surface area contributed by atoms with Gasteiger partial charge < -0.3 is 0 Å². The first kappa shape index (κ1) is 18.9. The largest absolute Gasteiger partial charge is 0.256 e. The maximum Gasteiger partial charge on any atom is 0.0708 e. The van der Waals surface area contributed by atoms with Crippen LogP contribution >= 0.6 is 22.6 Å². The number of hydrogen-bond donors (Lipinski definition) is 0. The monoisotopic (exact) mass is 498 g/mol. The summed E-state index contributed by atoms with van der Waals surface area (Å²) in [5.41, 5.74) is 8.90. The van der Waals surface area contributed by atoms with Crippen molar-refractivity contribution in [2.45, 2.75) is 6.92 Å². The highest BCUT2D eigenvalue weighted by Gasteiger charge is 2.06. The number of aromatic nitrogens is 2. The lowest BCUT2D eigenvalue weighted by molar-refractivity contribution is 1.31. The third-order valence-corrected chi connectivity index (χ3v) is 6.03. The van der Waals surface area contributed by atoms with Gasteiger partial charge in [0.15, 0.2) is 0 Å². The Hall–Kier alpha value is -3.05. The first-order valence-corrected chi connectivity index (χ1v) is 10.9. The van der Waals surface area contributed by atoms with Crippen LogP contribution in [0, 0.1) is 10.5 Å². The molecule has 0 bridgehead atoms. The van der Waals surface area contributed by atoms with Crippen molar-refractivity contribution in [3.63, 3.8) is 0 Å². The minimum atomic E-state index is 0.981. The van der Waals surface area contributed by atoms with Gasteiger partial charge in [-0.25, -0.2) is 0 Å². The zero-order chi connectivity index (χ0) is 20.5. The molecule has 2 nitrogen and oxygen atoms in total. The van der Waals surface area contributed by atoms with Gasteiger partial charge in [-0.1, -0.05) is 60.2 Å². The highest BCUT2D eigenvalue weighted by molar-refractivity contribution is 14.1. The fourth-order valence-electron chi connectivity index (χ4n) is 3.56. The van der Waals surface area contributed by atoms with Crippen molar-refractivity contribution in [1.29, 1.82) is 0 Å². The number of halogens is 1. The van der Waals surface area contributed by atoms with Gasteiger partial charge in [0.25, 0.3) is 0 Å². The van der Waals surface area contributed by atoms with E-state index in [0.717, 1.165) is 33.3 Å². The molecular weight excluding hydrogens is 479 g/mol. The van der Waals surface area contributed by atoms with Gasteiger partial charge in [0.1, 0.15) is 0 Å². The molecule has 5 rings (SSSR count). The van der Waals surface area contributed by atoms with Gasteiger partial charge in [-0.05, 0) is 71.0 Å². The number of pyridine rings is 2. The lowest BCUT2D eigenvalue weighted by atomic mass is 10.0. The highest BCUT2D eigenvalue weighted by atomic mass is 127. The normalized spacial score (nSPS) is 11.0. The molecule has 144 valence electrons. The summed E-state index contributed by atoms with van der Waals surface area (Å²) < 4.78 is 1.24. The van der Waals surface area contributed by atoms with E-state index in [0.29, 0.717) is 0 Å². The van der Waals surface area contributed by atoms with Gasteiger partial charge >= 0.3 is 0 Å². The molecule has 0 spiro atoms. The van der Waals surface area contributed by atoms with E-state index in [1.54, 1.807) is 0 Å². The van der Waals surface area contributed by atoms with Crippen LogP contribution < -0.4 is 0 Å². The lowest BCUT2D eigenvalue weighted by Crippen LogP contribution is -1.88. The van der Waals surface area contributed by atoms with E-state index in [4.69, 9.17) is 4.98 Å². The SMILES string of the molecule is Cc1ccc(-c2ccc(-c3cnc4cc(-c5ccc(I)cc5)ccc4c3)cn2)cc1. The van der Waals surface area contributed by atoms with Crippen LogP contribution in [0.1, 0.15) is 5.56 Å². The fraction of sp³-hybridized carbons (Fsp3) is 0.0370. The fourth-order valence-corrected chi connectivity index (χ4v) is 3.92. The van der Waals surface area contributed by atoms with Crippen molar-refractivity contribution in [2.75, 3.05) is 0 Å². The van der Waals surface area contributed by atoms with Crippen LogP contribution in [0.3, 0.4) is 0 Å². The molecule has 0 amide bonds. The molecule has 0 aliphatic carbocycles. The standard InChI is InChI=1S/C27H19IN2/c1-18-2-4-20(5-3-18)26-13-10-23(16-29-26)24-14-22-7-6-21(15-27(22)30-17-24)19-8-11-25(28)12-9-19/h2-17H,1H3. The first-order chi connectivity index (χ1) is 14.7. The summed E-state index contributed by atoms with van der Waals surface area (Å²) in [5.74, 6) is 0. The van der Waals surface area contributed by atoms with Crippen LogP contribution in [0.25, 0.3) is 44.4 Å². The van der Waals surface area contributed by atoms with Gasteiger partial charge in [-0.3, -0.25) is 9.97 Å². The molecule has 0 saturated carbocycles. The second kappa shape index (κ2) is 8.00. The third-order valence-electron chi connectivity index (χ3n) is 5.31. The van der Waals surface area contributed by atoms with Crippen molar-refractivity contribution >= 4 is 33.5 Å². The molecule has 0 N–H and O–H groups in total. The molecule has 3 aromatic carbocycles. The number of aryl methyl sites for hydroxylation is 1. The lowest BCUT2D eigenvalue weighted by Gasteiger charge is -2.07. The van der Waals surface area contributed by atoms with Gasteiger partial charge in [-0.15, -0.1) is 0 Å². The number of hydrogen-bond acceptors (Lipinski definition) is 2. The smallest absolute Gasteiger partial charge is 0.0708 e. The van der Waals surface area contributed by atoms with E-state index in [1.807, 2.05) is 12.4 Å². The summed E-state index contributed by atoms with van der Waals surface area (Å²) in [7, 11) is 0. The van der Waals surface area contributed by atoms with Gasteiger partial charge in [-0.2, -0.15) is 0 Å². The molecule has 2 heterocycles. The first-order valence-electron chi connectivity index (χ1n) is 9.85. The average Bonchev–Trinajstić information content (AvgIpc) is 2.79. The number of nitrogens with zero attached hydrogens (tertiary/aromatic N) is 2. The topological polar surface area (TPSA) is 25.8 Å². The van der Waals surface area contributed by atoms with Gasteiger partial charge in [0, 0.05) is 38.0 Å². The predicted molar refractivity (Wildman–Crippen MR) is 133 cm³/mol. The van der Waals surface area contributed by atoms with E-state index in [2.05, 4.69) is 119 Å². The average molecular weight is 498 g/mol. The zero-order valence-corrected chi connectivity index (χ0v) is 18.7. The van der Waals surface area contributed by atoms with Crippen LogP contribution in [-0.2, 0) is 0 Å². The Morgan fingerprint density at radius 1 is 0.567 bits per heavy atom. The Bertz CT molecular complexity index is 1320. The summed E-state index contributed by atoms with van der Waals surface area (Å²) in [6.45, 7) is 2.09. The number of benzene rings is 3. The summed E-state index contributed by atoms with van der Waals surface area (Å²) in [4.78, 5) is 9.39. The predicted octanol–water partition coefficient (Wildman–Crippen LogP) is 7.54.